The molecule has 0 spiro atoms. The molecule has 0 unspecified atom stereocenters. The van der Waals surface area contributed by atoms with Crippen LogP contribution < -0.4 is 14.8 Å². The summed E-state index contributed by atoms with van der Waals surface area (Å²) in [6.45, 7) is 4.09. The van der Waals surface area contributed by atoms with Crippen LogP contribution in [0.15, 0.2) is 42.1 Å². The number of methoxy groups -OCH3 is 1. The molecular formula is C21H20Cl2N2O3S. The van der Waals surface area contributed by atoms with Gasteiger partial charge < -0.3 is 14.8 Å². The summed E-state index contributed by atoms with van der Waals surface area (Å²) in [5.74, 6) is 0.708. The predicted molar refractivity (Wildman–Crippen MR) is 119 cm³/mol. The van der Waals surface area contributed by atoms with Crippen LogP contribution in [0.1, 0.15) is 25.0 Å². The molecule has 0 bridgehead atoms. The van der Waals surface area contributed by atoms with Crippen molar-refractivity contribution in [3.05, 3.63) is 63.3 Å². The van der Waals surface area contributed by atoms with E-state index < -0.39 is 0 Å². The van der Waals surface area contributed by atoms with Gasteiger partial charge in [-0.2, -0.15) is 0 Å². The van der Waals surface area contributed by atoms with Crippen LogP contribution in [0.4, 0.5) is 0 Å². The van der Waals surface area contributed by atoms with Gasteiger partial charge in [0.05, 0.1) is 24.8 Å². The average molecular weight is 451 g/mol. The number of ether oxygens (including phenoxy) is 2. The van der Waals surface area contributed by atoms with Gasteiger partial charge in [0.1, 0.15) is 5.70 Å². The molecule has 2 aromatic rings. The van der Waals surface area contributed by atoms with Crippen LogP contribution >= 0.6 is 35.4 Å². The smallest absolute Gasteiger partial charge is 0.276 e. The van der Waals surface area contributed by atoms with Crippen molar-refractivity contribution >= 4 is 52.5 Å². The lowest BCUT2D eigenvalue weighted by molar-refractivity contribution is -0.122. The second-order valence-corrected chi connectivity index (χ2v) is 7.87. The minimum absolute atomic E-state index is 0.0561. The standard InChI is InChI=1S/C21H20Cl2N2O3S/c1-12(2)28-19-16(23)8-13(10-18(19)27-3)9-17-20(26)25(21(29)24-17)11-14-6-4-5-7-15(14)22/h4-10,12H,11H2,1-3H3,(H,24,29)/b17-9-. The third-order valence-electron chi connectivity index (χ3n) is 4.16. The molecule has 0 atom stereocenters. The molecule has 1 amide bonds. The fraction of sp³-hybridized carbons (Fsp3) is 0.238. The first-order valence-corrected chi connectivity index (χ1v) is 10.1. The zero-order valence-electron chi connectivity index (χ0n) is 16.2. The zero-order chi connectivity index (χ0) is 21.1. The molecule has 8 heteroatoms. The summed E-state index contributed by atoms with van der Waals surface area (Å²) in [7, 11) is 1.54. The van der Waals surface area contributed by atoms with E-state index in [1.54, 1.807) is 24.3 Å². The van der Waals surface area contributed by atoms with E-state index in [1.807, 2.05) is 32.0 Å². The molecule has 0 radical (unpaired) electrons. The Morgan fingerprint density at radius 2 is 1.93 bits per heavy atom. The van der Waals surface area contributed by atoms with Crippen molar-refractivity contribution in [1.29, 1.82) is 0 Å². The van der Waals surface area contributed by atoms with Crippen LogP contribution in [0, 0.1) is 0 Å². The average Bonchev–Trinajstić information content (AvgIpc) is 2.92. The minimum Gasteiger partial charge on any atom is -0.493 e. The summed E-state index contributed by atoms with van der Waals surface area (Å²) in [5, 5.41) is 4.25. The van der Waals surface area contributed by atoms with Gasteiger partial charge in [-0.3, -0.25) is 9.69 Å². The number of hydrogen-bond acceptors (Lipinski definition) is 4. The van der Waals surface area contributed by atoms with E-state index >= 15 is 0 Å². The summed E-state index contributed by atoms with van der Waals surface area (Å²) in [5.41, 5.74) is 1.84. The van der Waals surface area contributed by atoms with E-state index in [-0.39, 0.29) is 18.6 Å². The highest BCUT2D eigenvalue weighted by atomic mass is 35.5. The molecule has 2 aromatic carbocycles. The number of nitrogens with one attached hydrogen (secondary N) is 1. The molecule has 3 rings (SSSR count). The fourth-order valence-electron chi connectivity index (χ4n) is 2.85. The number of benzene rings is 2. The van der Waals surface area contributed by atoms with Gasteiger partial charge in [-0.05, 0) is 61.5 Å². The summed E-state index contributed by atoms with van der Waals surface area (Å²) in [6.07, 6.45) is 1.62. The minimum atomic E-state index is -0.243. The quantitative estimate of drug-likeness (QED) is 0.492. The molecule has 1 saturated heterocycles. The van der Waals surface area contributed by atoms with Crippen LogP contribution in [0.2, 0.25) is 10.0 Å². The normalized spacial score (nSPS) is 15.2. The van der Waals surface area contributed by atoms with Crippen molar-refractivity contribution in [2.45, 2.75) is 26.5 Å². The molecular weight excluding hydrogens is 431 g/mol. The van der Waals surface area contributed by atoms with Gasteiger partial charge in [-0.15, -0.1) is 0 Å². The monoisotopic (exact) mass is 450 g/mol. The first-order chi connectivity index (χ1) is 13.8. The van der Waals surface area contributed by atoms with Crippen molar-refractivity contribution in [3.63, 3.8) is 0 Å². The third kappa shape index (κ3) is 4.83. The van der Waals surface area contributed by atoms with Gasteiger partial charge in [0, 0.05) is 5.02 Å². The molecule has 1 aliphatic rings. The van der Waals surface area contributed by atoms with Crippen molar-refractivity contribution < 1.29 is 14.3 Å². The molecule has 5 nitrogen and oxygen atoms in total. The number of thiocarbonyl (C=S) groups is 1. The van der Waals surface area contributed by atoms with Crippen molar-refractivity contribution in [2.24, 2.45) is 0 Å². The summed E-state index contributed by atoms with van der Waals surface area (Å²) >= 11 is 17.9. The second kappa shape index (κ2) is 9.03. The Labute approximate surface area is 185 Å². The number of nitrogens with zero attached hydrogens (tertiary/aromatic N) is 1. The number of hydrogen-bond donors (Lipinski definition) is 1. The molecule has 152 valence electrons. The largest absolute Gasteiger partial charge is 0.493 e. The van der Waals surface area contributed by atoms with Crippen molar-refractivity contribution in [3.8, 4) is 11.5 Å². The van der Waals surface area contributed by atoms with E-state index in [2.05, 4.69) is 5.32 Å². The first-order valence-electron chi connectivity index (χ1n) is 8.92. The Kier molecular flexibility index (Phi) is 6.67. The molecule has 0 saturated carbocycles. The predicted octanol–water partition coefficient (Wildman–Crippen LogP) is 5.05. The van der Waals surface area contributed by atoms with Gasteiger partial charge in [0.25, 0.3) is 5.91 Å². The van der Waals surface area contributed by atoms with Crippen molar-refractivity contribution in [1.82, 2.24) is 10.2 Å². The highest BCUT2D eigenvalue weighted by Gasteiger charge is 2.31. The van der Waals surface area contributed by atoms with Crippen LogP contribution in [0.25, 0.3) is 6.08 Å². The lowest BCUT2D eigenvalue weighted by Gasteiger charge is -2.16. The molecule has 1 heterocycles. The maximum Gasteiger partial charge on any atom is 0.276 e. The Morgan fingerprint density at radius 1 is 1.21 bits per heavy atom. The number of halogens is 2. The molecule has 0 aromatic heterocycles. The maximum absolute atomic E-state index is 12.9. The topological polar surface area (TPSA) is 50.8 Å². The fourth-order valence-corrected chi connectivity index (χ4v) is 3.57. The van der Waals surface area contributed by atoms with Crippen LogP contribution in [-0.4, -0.2) is 29.1 Å². The number of amides is 1. The zero-order valence-corrected chi connectivity index (χ0v) is 18.5. The SMILES string of the molecule is COc1cc(/C=C2\NC(=S)N(Cc3ccccc3Cl)C2=O)cc(Cl)c1OC(C)C. The highest BCUT2D eigenvalue weighted by molar-refractivity contribution is 7.80. The van der Waals surface area contributed by atoms with Gasteiger partial charge in [0.2, 0.25) is 0 Å². The number of carbonyl (C=O) groups is 1. The second-order valence-electron chi connectivity index (χ2n) is 6.67. The van der Waals surface area contributed by atoms with E-state index in [0.717, 1.165) is 5.56 Å². The van der Waals surface area contributed by atoms with Crippen LogP contribution in [0.5, 0.6) is 11.5 Å². The highest BCUT2D eigenvalue weighted by Crippen LogP contribution is 2.37. The lowest BCUT2D eigenvalue weighted by atomic mass is 10.1. The summed E-state index contributed by atoms with van der Waals surface area (Å²) < 4.78 is 11.1. The van der Waals surface area contributed by atoms with Gasteiger partial charge >= 0.3 is 0 Å². The molecule has 0 aliphatic carbocycles. The Hall–Kier alpha value is -2.28. The number of rotatable bonds is 6. The van der Waals surface area contributed by atoms with E-state index in [0.29, 0.717) is 37.9 Å². The van der Waals surface area contributed by atoms with Gasteiger partial charge in [0.15, 0.2) is 16.6 Å². The van der Waals surface area contributed by atoms with E-state index in [4.69, 9.17) is 44.9 Å². The summed E-state index contributed by atoms with van der Waals surface area (Å²) in [6, 6.07) is 10.8. The first kappa shape index (κ1) is 21.4. The van der Waals surface area contributed by atoms with E-state index in [9.17, 15) is 4.79 Å². The van der Waals surface area contributed by atoms with Gasteiger partial charge in [-0.25, -0.2) is 0 Å². The molecule has 29 heavy (non-hydrogen) atoms. The maximum atomic E-state index is 12.9. The summed E-state index contributed by atoms with van der Waals surface area (Å²) in [4.78, 5) is 14.3. The Balaban J connectivity index is 1.87. The lowest BCUT2D eigenvalue weighted by Crippen LogP contribution is -2.30. The third-order valence-corrected chi connectivity index (χ3v) is 5.14. The van der Waals surface area contributed by atoms with E-state index in [1.165, 1.54) is 12.0 Å². The van der Waals surface area contributed by atoms with Crippen molar-refractivity contribution in [2.75, 3.05) is 7.11 Å². The molecule has 1 N–H and O–H groups in total. The van der Waals surface area contributed by atoms with Gasteiger partial charge in [-0.1, -0.05) is 41.4 Å². The number of carbonyl (C=O) groups excluding carboxylic acids is 1. The van der Waals surface area contributed by atoms with Crippen LogP contribution in [-0.2, 0) is 11.3 Å². The molecule has 1 aliphatic heterocycles. The Morgan fingerprint density at radius 3 is 2.59 bits per heavy atom. The Bertz CT molecular complexity index is 992. The molecule has 1 fully saturated rings. The van der Waals surface area contributed by atoms with Crippen LogP contribution in [0.3, 0.4) is 0 Å².